The van der Waals surface area contributed by atoms with Gasteiger partial charge in [0.2, 0.25) is 0 Å². The molecule has 0 amide bonds. The van der Waals surface area contributed by atoms with Crippen molar-refractivity contribution in [2.75, 3.05) is 5.32 Å². The van der Waals surface area contributed by atoms with E-state index in [9.17, 15) is 13.2 Å². The number of rotatable bonds is 3. The van der Waals surface area contributed by atoms with E-state index in [1.165, 1.54) is 0 Å². The van der Waals surface area contributed by atoms with Crippen LogP contribution < -0.4 is 5.32 Å². The molecular formula is C14H12F3N. The molecule has 2 aromatic carbocycles. The van der Waals surface area contributed by atoms with Crippen LogP contribution in [-0.2, 0) is 6.54 Å². The second-order valence-corrected chi connectivity index (χ2v) is 4.09. The third-order valence-corrected chi connectivity index (χ3v) is 2.60. The van der Waals surface area contributed by atoms with Gasteiger partial charge in [0, 0.05) is 18.7 Å². The standard InChI is InChI=1S/C14H12F3N/c1-9-2-4-10(5-3-9)8-18-13-7-11(15)6-12(16)14(13)17/h2-7,18H,8H2,1H3. The second kappa shape index (κ2) is 5.12. The second-order valence-electron chi connectivity index (χ2n) is 4.09. The maximum atomic E-state index is 13.3. The van der Waals surface area contributed by atoms with E-state index in [1.807, 2.05) is 31.2 Å². The number of nitrogens with one attached hydrogen (secondary N) is 1. The lowest BCUT2D eigenvalue weighted by molar-refractivity contribution is 0.497. The molecule has 0 saturated heterocycles. The Kier molecular flexibility index (Phi) is 3.55. The SMILES string of the molecule is Cc1ccc(CNc2cc(F)cc(F)c2F)cc1. The van der Waals surface area contributed by atoms with Crippen molar-refractivity contribution in [2.24, 2.45) is 0 Å². The molecule has 18 heavy (non-hydrogen) atoms. The first-order valence-corrected chi connectivity index (χ1v) is 5.50. The van der Waals surface area contributed by atoms with E-state index in [-0.39, 0.29) is 5.69 Å². The molecule has 0 heterocycles. The minimum Gasteiger partial charge on any atom is -0.378 e. The number of benzene rings is 2. The fourth-order valence-corrected chi connectivity index (χ4v) is 1.59. The minimum absolute atomic E-state index is 0.173. The normalized spacial score (nSPS) is 10.4. The Labute approximate surface area is 103 Å². The van der Waals surface area contributed by atoms with Gasteiger partial charge >= 0.3 is 0 Å². The average Bonchev–Trinajstić information content (AvgIpc) is 2.34. The molecule has 0 aromatic heterocycles. The fourth-order valence-electron chi connectivity index (χ4n) is 1.59. The van der Waals surface area contributed by atoms with Crippen LogP contribution in [0, 0.1) is 24.4 Å². The van der Waals surface area contributed by atoms with Crippen molar-refractivity contribution >= 4 is 5.69 Å². The Balaban J connectivity index is 2.13. The summed E-state index contributed by atoms with van der Waals surface area (Å²) >= 11 is 0. The largest absolute Gasteiger partial charge is 0.378 e. The molecule has 1 N–H and O–H groups in total. The Morgan fingerprint density at radius 2 is 1.67 bits per heavy atom. The zero-order valence-electron chi connectivity index (χ0n) is 9.81. The monoisotopic (exact) mass is 251 g/mol. The Hall–Kier alpha value is -1.97. The molecule has 94 valence electrons. The highest BCUT2D eigenvalue weighted by molar-refractivity contribution is 5.46. The van der Waals surface area contributed by atoms with Crippen LogP contribution in [0.5, 0.6) is 0 Å². The summed E-state index contributed by atoms with van der Waals surface area (Å²) in [4.78, 5) is 0. The van der Waals surface area contributed by atoms with Gasteiger partial charge in [-0.25, -0.2) is 13.2 Å². The summed E-state index contributed by atoms with van der Waals surface area (Å²) in [7, 11) is 0. The lowest BCUT2D eigenvalue weighted by Gasteiger charge is -2.08. The quantitative estimate of drug-likeness (QED) is 0.812. The first-order chi connectivity index (χ1) is 8.56. The van der Waals surface area contributed by atoms with Crippen LogP contribution >= 0.6 is 0 Å². The summed E-state index contributed by atoms with van der Waals surface area (Å²) in [6.45, 7) is 2.26. The predicted molar refractivity (Wildman–Crippen MR) is 64.8 cm³/mol. The topological polar surface area (TPSA) is 12.0 Å². The Bertz CT molecular complexity index is 550. The van der Waals surface area contributed by atoms with Gasteiger partial charge in [-0.2, -0.15) is 0 Å². The number of hydrogen-bond donors (Lipinski definition) is 1. The van der Waals surface area contributed by atoms with Crippen molar-refractivity contribution in [3.63, 3.8) is 0 Å². The van der Waals surface area contributed by atoms with Crippen LogP contribution in [0.1, 0.15) is 11.1 Å². The van der Waals surface area contributed by atoms with Gasteiger partial charge in [-0.15, -0.1) is 0 Å². The molecule has 0 unspecified atom stereocenters. The summed E-state index contributed by atoms with van der Waals surface area (Å²) in [6.07, 6.45) is 0. The third kappa shape index (κ3) is 2.83. The van der Waals surface area contributed by atoms with Crippen molar-refractivity contribution < 1.29 is 13.2 Å². The van der Waals surface area contributed by atoms with Crippen LogP contribution in [-0.4, -0.2) is 0 Å². The van der Waals surface area contributed by atoms with Crippen LogP contribution in [0.4, 0.5) is 18.9 Å². The first-order valence-electron chi connectivity index (χ1n) is 5.50. The van der Waals surface area contributed by atoms with Gasteiger partial charge < -0.3 is 5.32 Å². The van der Waals surface area contributed by atoms with Gasteiger partial charge in [0.05, 0.1) is 5.69 Å². The average molecular weight is 251 g/mol. The maximum Gasteiger partial charge on any atom is 0.182 e. The van der Waals surface area contributed by atoms with E-state index in [0.29, 0.717) is 12.6 Å². The molecule has 4 heteroatoms. The minimum atomic E-state index is -1.19. The van der Waals surface area contributed by atoms with Gasteiger partial charge in [0.25, 0.3) is 0 Å². The third-order valence-electron chi connectivity index (χ3n) is 2.60. The number of aryl methyl sites for hydroxylation is 1. The summed E-state index contributed by atoms with van der Waals surface area (Å²) in [5.74, 6) is -3.06. The summed E-state index contributed by atoms with van der Waals surface area (Å²) in [5, 5.41) is 2.68. The number of anilines is 1. The molecule has 0 aliphatic carbocycles. The zero-order valence-corrected chi connectivity index (χ0v) is 9.81. The molecule has 0 bridgehead atoms. The summed E-state index contributed by atoms with van der Waals surface area (Å²) < 4.78 is 39.2. The molecular weight excluding hydrogens is 239 g/mol. The van der Waals surface area contributed by atoms with Gasteiger partial charge in [0.15, 0.2) is 11.6 Å². The molecule has 0 spiro atoms. The molecule has 0 aliphatic heterocycles. The van der Waals surface area contributed by atoms with Crippen LogP contribution in [0.3, 0.4) is 0 Å². The highest BCUT2D eigenvalue weighted by Gasteiger charge is 2.10. The lowest BCUT2D eigenvalue weighted by Crippen LogP contribution is -2.03. The molecule has 0 saturated carbocycles. The molecule has 0 aliphatic rings. The lowest BCUT2D eigenvalue weighted by atomic mass is 10.1. The molecule has 1 nitrogen and oxygen atoms in total. The molecule has 2 aromatic rings. The van der Waals surface area contributed by atoms with Crippen molar-refractivity contribution in [1.29, 1.82) is 0 Å². The number of hydrogen-bond acceptors (Lipinski definition) is 1. The van der Waals surface area contributed by atoms with Crippen molar-refractivity contribution in [3.05, 3.63) is 65.0 Å². The molecule has 2 rings (SSSR count). The van der Waals surface area contributed by atoms with E-state index in [2.05, 4.69) is 5.32 Å². The highest BCUT2D eigenvalue weighted by Crippen LogP contribution is 2.19. The van der Waals surface area contributed by atoms with Gasteiger partial charge in [-0.05, 0) is 12.5 Å². The zero-order chi connectivity index (χ0) is 13.1. The van der Waals surface area contributed by atoms with Gasteiger partial charge in [-0.1, -0.05) is 29.8 Å². The van der Waals surface area contributed by atoms with Crippen molar-refractivity contribution in [1.82, 2.24) is 0 Å². The van der Waals surface area contributed by atoms with E-state index >= 15 is 0 Å². The van der Waals surface area contributed by atoms with Gasteiger partial charge in [0.1, 0.15) is 5.82 Å². The summed E-state index contributed by atoms with van der Waals surface area (Å²) in [5.41, 5.74) is 1.85. The Morgan fingerprint density at radius 3 is 2.33 bits per heavy atom. The van der Waals surface area contributed by atoms with Crippen molar-refractivity contribution in [2.45, 2.75) is 13.5 Å². The van der Waals surface area contributed by atoms with Gasteiger partial charge in [-0.3, -0.25) is 0 Å². The van der Waals surface area contributed by atoms with Crippen LogP contribution in [0.25, 0.3) is 0 Å². The fraction of sp³-hybridized carbons (Fsp3) is 0.143. The summed E-state index contributed by atoms with van der Waals surface area (Å²) in [6, 6.07) is 9.03. The smallest absolute Gasteiger partial charge is 0.182 e. The molecule has 0 radical (unpaired) electrons. The van der Waals surface area contributed by atoms with Crippen LogP contribution in [0.2, 0.25) is 0 Å². The van der Waals surface area contributed by atoms with Crippen LogP contribution in [0.15, 0.2) is 36.4 Å². The van der Waals surface area contributed by atoms with Crippen molar-refractivity contribution in [3.8, 4) is 0 Å². The highest BCUT2D eigenvalue weighted by atomic mass is 19.2. The maximum absolute atomic E-state index is 13.3. The molecule has 0 atom stereocenters. The van der Waals surface area contributed by atoms with E-state index in [4.69, 9.17) is 0 Å². The number of halogens is 3. The first kappa shape index (κ1) is 12.5. The Morgan fingerprint density at radius 1 is 1.00 bits per heavy atom. The molecule has 0 fully saturated rings. The predicted octanol–water partition coefficient (Wildman–Crippen LogP) is 4.02. The van der Waals surface area contributed by atoms with E-state index in [0.717, 1.165) is 17.2 Å². The van der Waals surface area contributed by atoms with E-state index in [1.54, 1.807) is 0 Å². The van der Waals surface area contributed by atoms with E-state index < -0.39 is 17.5 Å².